The van der Waals surface area contributed by atoms with Crippen LogP contribution in [0.15, 0.2) is 47.5 Å². The molecule has 0 bridgehead atoms. The molecule has 4 rings (SSSR count). The molecule has 0 radical (unpaired) electrons. The third kappa shape index (κ3) is 6.82. The highest BCUT2D eigenvalue weighted by Crippen LogP contribution is 2.43. The highest BCUT2D eigenvalue weighted by Gasteiger charge is 2.28. The first-order valence-corrected chi connectivity index (χ1v) is 14.0. The van der Waals surface area contributed by atoms with E-state index in [9.17, 15) is 4.79 Å². The lowest BCUT2D eigenvalue weighted by molar-refractivity contribution is 0.0738. The number of carbonyl (C=O) groups is 1. The molecule has 230 valence electrons. The largest absolute Gasteiger partial charge is 0.493 e. The van der Waals surface area contributed by atoms with Crippen LogP contribution in [0.2, 0.25) is 0 Å². The summed E-state index contributed by atoms with van der Waals surface area (Å²) in [5.41, 5.74) is 7.67. The standard InChI is InChI=1S/C32H39N3O8/c1-8-20-17-34-25-16-28(27(37-4)15-23(25)32(36)35(20)9-2)42-19(3)18-41-21-10-11-26(24(33)12-21)43-22-13-29(38-5)31(40-7)30(14-22)39-6/h10-17,19-20H,8-9,18,33H2,1-7H3. The summed E-state index contributed by atoms with van der Waals surface area (Å²) < 4.78 is 39.8. The quantitative estimate of drug-likeness (QED) is 0.241. The molecule has 1 aliphatic rings. The summed E-state index contributed by atoms with van der Waals surface area (Å²) in [6.07, 6.45) is 2.22. The molecule has 0 fully saturated rings. The maximum Gasteiger partial charge on any atom is 0.256 e. The van der Waals surface area contributed by atoms with Crippen LogP contribution in [0.1, 0.15) is 37.6 Å². The van der Waals surface area contributed by atoms with E-state index < -0.39 is 0 Å². The summed E-state index contributed by atoms with van der Waals surface area (Å²) in [6, 6.07) is 11.9. The number of hydrogen-bond acceptors (Lipinski definition) is 10. The van der Waals surface area contributed by atoms with E-state index in [1.54, 1.807) is 47.4 Å². The van der Waals surface area contributed by atoms with Crippen LogP contribution in [0.5, 0.6) is 46.0 Å². The van der Waals surface area contributed by atoms with Crippen molar-refractivity contribution in [1.29, 1.82) is 0 Å². The second-order valence-electron chi connectivity index (χ2n) is 9.77. The molecular formula is C32H39N3O8. The van der Waals surface area contributed by atoms with Gasteiger partial charge in [-0.25, -0.2) is 0 Å². The van der Waals surface area contributed by atoms with Crippen LogP contribution in [0.4, 0.5) is 11.4 Å². The predicted molar refractivity (Wildman–Crippen MR) is 165 cm³/mol. The molecule has 1 amide bonds. The predicted octanol–water partition coefficient (Wildman–Crippen LogP) is 5.90. The Labute approximate surface area is 252 Å². The van der Waals surface area contributed by atoms with Gasteiger partial charge >= 0.3 is 0 Å². The molecule has 11 nitrogen and oxygen atoms in total. The molecule has 1 heterocycles. The van der Waals surface area contributed by atoms with E-state index in [0.29, 0.717) is 69.5 Å². The van der Waals surface area contributed by atoms with E-state index in [4.69, 9.17) is 38.9 Å². The molecule has 2 N–H and O–H groups in total. The smallest absolute Gasteiger partial charge is 0.256 e. The minimum absolute atomic E-state index is 0.0707. The van der Waals surface area contributed by atoms with E-state index in [1.165, 1.54) is 28.4 Å². The number of benzene rings is 3. The Morgan fingerprint density at radius 2 is 1.56 bits per heavy atom. The summed E-state index contributed by atoms with van der Waals surface area (Å²) in [5.74, 6) is 3.64. The number of amides is 1. The maximum absolute atomic E-state index is 13.2. The molecule has 3 aromatic carbocycles. The van der Waals surface area contributed by atoms with Crippen LogP contribution < -0.4 is 38.9 Å². The minimum atomic E-state index is -0.371. The van der Waals surface area contributed by atoms with Gasteiger partial charge in [0, 0.05) is 37.0 Å². The van der Waals surface area contributed by atoms with Gasteiger partial charge in [0.1, 0.15) is 24.2 Å². The van der Waals surface area contributed by atoms with E-state index in [2.05, 4.69) is 4.99 Å². The fraction of sp³-hybridized carbons (Fsp3) is 0.375. The highest BCUT2D eigenvalue weighted by atomic mass is 16.6. The van der Waals surface area contributed by atoms with Gasteiger partial charge < -0.3 is 43.8 Å². The van der Waals surface area contributed by atoms with Crippen molar-refractivity contribution in [3.8, 4) is 46.0 Å². The number of anilines is 1. The lowest BCUT2D eigenvalue weighted by Gasteiger charge is -2.26. The summed E-state index contributed by atoms with van der Waals surface area (Å²) in [6.45, 7) is 6.66. The van der Waals surface area contributed by atoms with E-state index in [1.807, 2.05) is 27.0 Å². The van der Waals surface area contributed by atoms with Crippen LogP contribution in [-0.2, 0) is 0 Å². The lowest BCUT2D eigenvalue weighted by Crippen LogP contribution is -2.39. The minimum Gasteiger partial charge on any atom is -0.493 e. The lowest BCUT2D eigenvalue weighted by atomic mass is 10.1. The molecule has 0 saturated heterocycles. The Kier molecular flexibility index (Phi) is 10.1. The van der Waals surface area contributed by atoms with Crippen LogP contribution in [0.3, 0.4) is 0 Å². The summed E-state index contributed by atoms with van der Waals surface area (Å²) in [7, 11) is 6.14. The maximum atomic E-state index is 13.2. The molecule has 0 aliphatic carbocycles. The number of nitrogens with zero attached hydrogens (tertiary/aromatic N) is 2. The van der Waals surface area contributed by atoms with Gasteiger partial charge in [-0.1, -0.05) is 6.92 Å². The number of carbonyl (C=O) groups excluding carboxylic acids is 1. The molecule has 0 spiro atoms. The fourth-order valence-electron chi connectivity index (χ4n) is 4.75. The fourth-order valence-corrected chi connectivity index (χ4v) is 4.75. The van der Waals surface area contributed by atoms with Gasteiger partial charge in [0.25, 0.3) is 5.91 Å². The molecule has 0 saturated carbocycles. The van der Waals surface area contributed by atoms with Crippen molar-refractivity contribution in [3.05, 3.63) is 48.0 Å². The van der Waals surface area contributed by atoms with Gasteiger partial charge in [-0.2, -0.15) is 0 Å². The highest BCUT2D eigenvalue weighted by molar-refractivity contribution is 6.03. The number of methoxy groups -OCH3 is 4. The summed E-state index contributed by atoms with van der Waals surface area (Å²) in [4.78, 5) is 19.6. The number of hydrogen-bond donors (Lipinski definition) is 1. The number of fused-ring (bicyclic) bond motifs is 1. The van der Waals surface area contributed by atoms with Gasteiger partial charge in [0.2, 0.25) is 5.75 Å². The SMILES string of the molecule is CCC1C=Nc2cc(OC(C)COc3ccc(Oc4cc(OC)c(OC)c(OC)c4)c(N)c3)c(OC)cc2C(=O)N1CC. The van der Waals surface area contributed by atoms with Gasteiger partial charge in [0.05, 0.1) is 51.4 Å². The van der Waals surface area contributed by atoms with Crippen molar-refractivity contribution in [2.75, 3.05) is 47.3 Å². The van der Waals surface area contributed by atoms with Gasteiger partial charge in [-0.05, 0) is 38.5 Å². The van der Waals surface area contributed by atoms with E-state index in [-0.39, 0.29) is 24.7 Å². The van der Waals surface area contributed by atoms with Gasteiger partial charge in [0.15, 0.2) is 28.7 Å². The first-order valence-electron chi connectivity index (χ1n) is 14.0. The topological polar surface area (TPSA) is 123 Å². The van der Waals surface area contributed by atoms with Crippen LogP contribution in [0.25, 0.3) is 0 Å². The zero-order valence-corrected chi connectivity index (χ0v) is 25.6. The van der Waals surface area contributed by atoms with Gasteiger partial charge in [-0.3, -0.25) is 9.79 Å². The Hall–Kier alpha value is -4.80. The molecule has 2 unspecified atom stereocenters. The molecule has 2 atom stereocenters. The molecular weight excluding hydrogens is 554 g/mol. The Bertz CT molecular complexity index is 1450. The normalized spacial score (nSPS) is 14.8. The third-order valence-electron chi connectivity index (χ3n) is 6.98. The van der Waals surface area contributed by atoms with Crippen molar-refractivity contribution < 1.29 is 38.0 Å². The summed E-state index contributed by atoms with van der Waals surface area (Å²) in [5, 5.41) is 0. The zero-order valence-electron chi connectivity index (χ0n) is 25.6. The molecule has 43 heavy (non-hydrogen) atoms. The average molecular weight is 594 g/mol. The molecule has 11 heteroatoms. The van der Waals surface area contributed by atoms with Gasteiger partial charge in [-0.15, -0.1) is 0 Å². The molecule has 3 aromatic rings. The average Bonchev–Trinajstić information content (AvgIpc) is 3.15. The number of ether oxygens (including phenoxy) is 7. The molecule has 0 aromatic heterocycles. The van der Waals surface area contributed by atoms with Crippen LogP contribution in [-0.4, -0.2) is 70.8 Å². The van der Waals surface area contributed by atoms with Crippen LogP contribution >= 0.6 is 0 Å². The molecule has 1 aliphatic heterocycles. The Morgan fingerprint density at radius 3 is 2.14 bits per heavy atom. The van der Waals surface area contributed by atoms with Crippen molar-refractivity contribution >= 4 is 23.5 Å². The van der Waals surface area contributed by atoms with E-state index >= 15 is 0 Å². The Balaban J connectivity index is 1.44. The zero-order chi connectivity index (χ0) is 31.1. The third-order valence-corrected chi connectivity index (χ3v) is 6.98. The van der Waals surface area contributed by atoms with Crippen molar-refractivity contribution in [3.63, 3.8) is 0 Å². The van der Waals surface area contributed by atoms with Crippen LogP contribution in [0, 0.1) is 0 Å². The number of nitrogens with two attached hydrogens (primary N) is 1. The number of rotatable bonds is 13. The summed E-state index contributed by atoms with van der Waals surface area (Å²) >= 11 is 0. The first-order chi connectivity index (χ1) is 20.8. The van der Waals surface area contributed by atoms with Crippen molar-refractivity contribution in [2.45, 2.75) is 39.3 Å². The van der Waals surface area contributed by atoms with Crippen molar-refractivity contribution in [2.24, 2.45) is 4.99 Å². The monoisotopic (exact) mass is 593 g/mol. The second-order valence-corrected chi connectivity index (χ2v) is 9.77. The Morgan fingerprint density at radius 1 is 0.860 bits per heavy atom. The number of nitrogen functional groups attached to an aromatic ring is 1. The number of aliphatic imine (C=N–C) groups is 1. The second kappa shape index (κ2) is 13.9. The van der Waals surface area contributed by atoms with E-state index in [0.717, 1.165) is 6.42 Å². The van der Waals surface area contributed by atoms with Crippen molar-refractivity contribution in [1.82, 2.24) is 4.90 Å². The first kappa shape index (κ1) is 31.1.